The second-order valence-electron chi connectivity index (χ2n) is 6.45. The summed E-state index contributed by atoms with van der Waals surface area (Å²) in [5.41, 5.74) is 0.851. The lowest BCUT2D eigenvalue weighted by molar-refractivity contribution is 0.0921. The Bertz CT molecular complexity index is 968. The van der Waals surface area contributed by atoms with Crippen molar-refractivity contribution >= 4 is 5.91 Å². The van der Waals surface area contributed by atoms with Crippen LogP contribution in [-0.2, 0) is 12.1 Å². The van der Waals surface area contributed by atoms with Crippen molar-refractivity contribution < 1.29 is 22.8 Å². The molecule has 0 bridgehead atoms. The van der Waals surface area contributed by atoms with Crippen LogP contribution in [0.2, 0.25) is 0 Å². The van der Waals surface area contributed by atoms with Gasteiger partial charge in [-0.2, -0.15) is 0 Å². The van der Waals surface area contributed by atoms with Crippen LogP contribution in [0.4, 0.5) is 8.78 Å². The molecule has 0 spiro atoms. The molecule has 7 heteroatoms. The van der Waals surface area contributed by atoms with E-state index in [4.69, 9.17) is 9.26 Å². The third-order valence-electron chi connectivity index (χ3n) is 4.49. The van der Waals surface area contributed by atoms with E-state index >= 15 is 0 Å². The average Bonchev–Trinajstić information content (AvgIpc) is 3.30. The molecule has 5 nitrogen and oxygen atoms in total. The molecule has 4 rings (SSSR count). The van der Waals surface area contributed by atoms with Crippen molar-refractivity contribution in [1.29, 1.82) is 0 Å². The second kappa shape index (κ2) is 6.83. The summed E-state index contributed by atoms with van der Waals surface area (Å²) in [5, 5.41) is 6.77. The lowest BCUT2D eigenvalue weighted by Gasteiger charge is -2.16. The fourth-order valence-corrected chi connectivity index (χ4v) is 2.86. The highest BCUT2D eigenvalue weighted by atomic mass is 19.2. The lowest BCUT2D eigenvalue weighted by atomic mass is 10.0. The smallest absolute Gasteiger partial charge is 0.274 e. The fourth-order valence-electron chi connectivity index (χ4n) is 2.86. The minimum absolute atomic E-state index is 0.0603. The van der Waals surface area contributed by atoms with Gasteiger partial charge in [-0.15, -0.1) is 0 Å². The minimum Gasteiger partial charge on any atom is -0.485 e. The number of carbonyl (C=O) groups is 1. The molecule has 1 saturated carbocycles. The molecule has 3 aromatic rings. The first-order valence-electron chi connectivity index (χ1n) is 8.47. The predicted octanol–water partition coefficient (Wildman–Crippen LogP) is 3.95. The second-order valence-corrected chi connectivity index (χ2v) is 6.45. The Balaban J connectivity index is 1.39. The van der Waals surface area contributed by atoms with Crippen LogP contribution in [0, 0.1) is 11.6 Å². The van der Waals surface area contributed by atoms with Crippen molar-refractivity contribution in [2.45, 2.75) is 25.0 Å². The summed E-state index contributed by atoms with van der Waals surface area (Å²) in [6, 6.07) is 14.5. The van der Waals surface area contributed by atoms with E-state index in [1.54, 1.807) is 0 Å². The molecule has 0 saturated heterocycles. The van der Waals surface area contributed by atoms with Gasteiger partial charge in [0.25, 0.3) is 5.91 Å². The Morgan fingerprint density at radius 3 is 2.59 bits per heavy atom. The van der Waals surface area contributed by atoms with Gasteiger partial charge in [-0.25, -0.2) is 8.78 Å². The standard InChI is InChI=1S/C20H16F2N2O3/c21-16-7-6-14(10-17(16)22)26-12-15-11-18(24-27-15)19(25)23-20(8-9-20)13-4-2-1-3-5-13/h1-7,10-11H,8-9,12H2,(H,23,25). The number of nitrogens with zero attached hydrogens (tertiary/aromatic N) is 1. The maximum Gasteiger partial charge on any atom is 0.274 e. The largest absolute Gasteiger partial charge is 0.485 e. The monoisotopic (exact) mass is 370 g/mol. The molecular formula is C20H16F2N2O3. The molecule has 27 heavy (non-hydrogen) atoms. The van der Waals surface area contributed by atoms with Crippen molar-refractivity contribution in [3.05, 3.63) is 83.2 Å². The zero-order chi connectivity index (χ0) is 18.9. The number of hydrogen-bond acceptors (Lipinski definition) is 4. The van der Waals surface area contributed by atoms with E-state index in [0.717, 1.165) is 30.5 Å². The summed E-state index contributed by atoms with van der Waals surface area (Å²) >= 11 is 0. The third-order valence-corrected chi connectivity index (χ3v) is 4.49. The number of nitrogens with one attached hydrogen (secondary N) is 1. The maximum atomic E-state index is 13.2. The molecule has 138 valence electrons. The zero-order valence-electron chi connectivity index (χ0n) is 14.2. The summed E-state index contributed by atoms with van der Waals surface area (Å²) in [4.78, 5) is 12.5. The number of rotatable bonds is 6. The summed E-state index contributed by atoms with van der Waals surface area (Å²) in [5.74, 6) is -1.83. The quantitative estimate of drug-likeness (QED) is 0.714. The van der Waals surface area contributed by atoms with Gasteiger partial charge in [0.1, 0.15) is 12.4 Å². The van der Waals surface area contributed by atoms with Gasteiger partial charge in [-0.1, -0.05) is 35.5 Å². The molecule has 0 unspecified atom stereocenters. The predicted molar refractivity (Wildman–Crippen MR) is 92.0 cm³/mol. The fraction of sp³-hybridized carbons (Fsp3) is 0.200. The first kappa shape index (κ1) is 17.2. The average molecular weight is 370 g/mol. The molecule has 1 N–H and O–H groups in total. The van der Waals surface area contributed by atoms with Gasteiger partial charge in [-0.3, -0.25) is 4.79 Å². The Morgan fingerprint density at radius 2 is 1.89 bits per heavy atom. The van der Waals surface area contributed by atoms with E-state index in [1.807, 2.05) is 30.3 Å². The molecule has 1 amide bonds. The van der Waals surface area contributed by atoms with Crippen molar-refractivity contribution in [2.24, 2.45) is 0 Å². The SMILES string of the molecule is O=C(NC1(c2ccccc2)CC1)c1cc(COc2ccc(F)c(F)c2)on1. The Hall–Kier alpha value is -3.22. The molecule has 0 atom stereocenters. The highest BCUT2D eigenvalue weighted by molar-refractivity contribution is 5.93. The van der Waals surface area contributed by atoms with E-state index in [-0.39, 0.29) is 29.5 Å². The highest BCUT2D eigenvalue weighted by Gasteiger charge is 2.45. The van der Waals surface area contributed by atoms with E-state index in [2.05, 4.69) is 10.5 Å². The number of aromatic nitrogens is 1. The highest BCUT2D eigenvalue weighted by Crippen LogP contribution is 2.45. The van der Waals surface area contributed by atoms with Gasteiger partial charge in [-0.05, 0) is 30.5 Å². The van der Waals surface area contributed by atoms with Crippen molar-refractivity contribution in [3.8, 4) is 5.75 Å². The Morgan fingerprint density at radius 1 is 1.11 bits per heavy atom. The van der Waals surface area contributed by atoms with Crippen LogP contribution < -0.4 is 10.1 Å². The van der Waals surface area contributed by atoms with Crippen LogP contribution in [0.15, 0.2) is 59.1 Å². The number of amides is 1. The summed E-state index contributed by atoms with van der Waals surface area (Å²) in [6.45, 7) is -0.0603. The van der Waals surface area contributed by atoms with E-state index in [9.17, 15) is 13.6 Å². The molecule has 1 aliphatic rings. The number of ether oxygens (including phenoxy) is 1. The number of halogens is 2. The van der Waals surface area contributed by atoms with Gasteiger partial charge >= 0.3 is 0 Å². The molecule has 1 aliphatic carbocycles. The summed E-state index contributed by atoms with van der Waals surface area (Å²) < 4.78 is 36.5. The Labute approximate surface area is 153 Å². The zero-order valence-corrected chi connectivity index (χ0v) is 14.2. The number of hydrogen-bond donors (Lipinski definition) is 1. The maximum absolute atomic E-state index is 13.2. The van der Waals surface area contributed by atoms with Crippen LogP contribution in [0.5, 0.6) is 5.75 Å². The van der Waals surface area contributed by atoms with E-state index in [0.29, 0.717) is 5.76 Å². The van der Waals surface area contributed by atoms with Crippen LogP contribution >= 0.6 is 0 Å². The van der Waals surface area contributed by atoms with Crippen molar-refractivity contribution in [1.82, 2.24) is 10.5 Å². The molecular weight excluding hydrogens is 354 g/mol. The third kappa shape index (κ3) is 3.67. The normalized spacial score (nSPS) is 14.6. The van der Waals surface area contributed by atoms with Crippen molar-refractivity contribution in [3.63, 3.8) is 0 Å². The summed E-state index contributed by atoms with van der Waals surface area (Å²) in [7, 11) is 0. The topological polar surface area (TPSA) is 64.4 Å². The van der Waals surface area contributed by atoms with E-state index < -0.39 is 11.6 Å². The Kier molecular flexibility index (Phi) is 4.35. The molecule has 0 aliphatic heterocycles. The van der Waals surface area contributed by atoms with Crippen molar-refractivity contribution in [2.75, 3.05) is 0 Å². The first-order chi connectivity index (χ1) is 13.1. The minimum atomic E-state index is -0.999. The molecule has 0 radical (unpaired) electrons. The van der Waals surface area contributed by atoms with Gasteiger partial charge in [0.15, 0.2) is 23.1 Å². The van der Waals surface area contributed by atoms with Crippen LogP contribution in [0.1, 0.15) is 34.7 Å². The van der Waals surface area contributed by atoms with Gasteiger partial charge in [0.05, 0.1) is 5.54 Å². The van der Waals surface area contributed by atoms with Gasteiger partial charge < -0.3 is 14.6 Å². The van der Waals surface area contributed by atoms with Crippen LogP contribution in [0.3, 0.4) is 0 Å². The molecule has 1 heterocycles. The summed E-state index contributed by atoms with van der Waals surface area (Å²) in [6.07, 6.45) is 1.74. The number of carbonyl (C=O) groups excluding carboxylic acids is 1. The molecule has 2 aromatic carbocycles. The first-order valence-corrected chi connectivity index (χ1v) is 8.47. The van der Waals surface area contributed by atoms with Crippen LogP contribution in [-0.4, -0.2) is 11.1 Å². The van der Waals surface area contributed by atoms with E-state index in [1.165, 1.54) is 12.1 Å². The molecule has 1 fully saturated rings. The van der Waals surface area contributed by atoms with Crippen LogP contribution in [0.25, 0.3) is 0 Å². The number of benzene rings is 2. The van der Waals surface area contributed by atoms with Gasteiger partial charge in [0, 0.05) is 12.1 Å². The van der Waals surface area contributed by atoms with Gasteiger partial charge in [0.2, 0.25) is 0 Å². The lowest BCUT2D eigenvalue weighted by Crippen LogP contribution is -2.35. The molecule has 1 aromatic heterocycles.